The minimum absolute atomic E-state index is 0.135. The van der Waals surface area contributed by atoms with E-state index in [-0.39, 0.29) is 17.9 Å². The van der Waals surface area contributed by atoms with Gasteiger partial charge in [0.15, 0.2) is 0 Å². The molecular formula is C20H18F2N4O3. The maximum atomic E-state index is 14.5. The third-order valence-electron chi connectivity index (χ3n) is 4.70. The van der Waals surface area contributed by atoms with Crippen LogP contribution < -0.4 is 9.64 Å². The van der Waals surface area contributed by atoms with Crippen molar-refractivity contribution >= 4 is 11.9 Å². The fourth-order valence-corrected chi connectivity index (χ4v) is 3.37. The molecule has 1 amide bonds. The summed E-state index contributed by atoms with van der Waals surface area (Å²) in [5.74, 6) is -0.722. The number of pyridine rings is 1. The molecule has 0 saturated heterocycles. The van der Waals surface area contributed by atoms with Crippen LogP contribution in [-0.2, 0) is 6.54 Å². The van der Waals surface area contributed by atoms with Crippen LogP contribution in [0.5, 0.6) is 5.88 Å². The first-order chi connectivity index (χ1) is 14.0. The van der Waals surface area contributed by atoms with Gasteiger partial charge in [0.2, 0.25) is 5.88 Å². The maximum Gasteiger partial charge on any atom is 0.412 e. The van der Waals surface area contributed by atoms with Gasteiger partial charge < -0.3 is 9.84 Å². The third-order valence-corrected chi connectivity index (χ3v) is 4.70. The van der Waals surface area contributed by atoms with Crippen LogP contribution in [0.15, 0.2) is 36.5 Å². The molecule has 1 aromatic carbocycles. The lowest BCUT2D eigenvalue weighted by molar-refractivity contribution is 0.202. The molecule has 0 unspecified atom stereocenters. The largest absolute Gasteiger partial charge is 0.477 e. The van der Waals surface area contributed by atoms with Crippen LogP contribution in [0.1, 0.15) is 13.3 Å². The topological polar surface area (TPSA) is 80.5 Å². The van der Waals surface area contributed by atoms with E-state index < -0.39 is 17.7 Å². The second-order valence-electron chi connectivity index (χ2n) is 6.51. The van der Waals surface area contributed by atoms with Crippen molar-refractivity contribution in [3.8, 4) is 28.3 Å². The molecule has 0 saturated carbocycles. The molecule has 3 heterocycles. The number of ether oxygens (including phenoxy) is 1. The lowest BCUT2D eigenvalue weighted by Crippen LogP contribution is -2.29. The summed E-state index contributed by atoms with van der Waals surface area (Å²) in [6.07, 6.45) is 1.10. The minimum atomic E-state index is -1.13. The Kier molecular flexibility index (Phi) is 4.87. The van der Waals surface area contributed by atoms with Crippen LogP contribution >= 0.6 is 0 Å². The van der Waals surface area contributed by atoms with E-state index in [2.05, 4.69) is 10.1 Å². The number of hydrogen-bond donors (Lipinski definition) is 1. The first-order valence-electron chi connectivity index (χ1n) is 9.15. The molecule has 2 aromatic heterocycles. The highest BCUT2D eigenvalue weighted by molar-refractivity contribution is 5.89. The van der Waals surface area contributed by atoms with E-state index in [4.69, 9.17) is 4.74 Å². The van der Waals surface area contributed by atoms with E-state index in [1.807, 2.05) is 0 Å². The smallest absolute Gasteiger partial charge is 0.412 e. The predicted molar refractivity (Wildman–Crippen MR) is 102 cm³/mol. The first kappa shape index (κ1) is 18.9. The zero-order valence-electron chi connectivity index (χ0n) is 15.6. The van der Waals surface area contributed by atoms with Crippen molar-refractivity contribution in [2.75, 3.05) is 18.1 Å². The molecule has 0 fully saturated rings. The van der Waals surface area contributed by atoms with Gasteiger partial charge in [-0.1, -0.05) is 0 Å². The molecule has 150 valence electrons. The summed E-state index contributed by atoms with van der Waals surface area (Å²) >= 11 is 0. The molecule has 7 nitrogen and oxygen atoms in total. The third kappa shape index (κ3) is 3.39. The number of fused-ring (bicyclic) bond motifs is 1. The van der Waals surface area contributed by atoms with Gasteiger partial charge in [-0.15, -0.1) is 0 Å². The van der Waals surface area contributed by atoms with Crippen molar-refractivity contribution in [3.05, 3.63) is 48.2 Å². The molecular weight excluding hydrogens is 382 g/mol. The van der Waals surface area contributed by atoms with Gasteiger partial charge in [-0.2, -0.15) is 5.10 Å². The zero-order chi connectivity index (χ0) is 20.5. The normalized spacial score (nSPS) is 12.9. The van der Waals surface area contributed by atoms with E-state index in [0.717, 1.165) is 17.4 Å². The molecule has 29 heavy (non-hydrogen) atoms. The van der Waals surface area contributed by atoms with Crippen LogP contribution in [-0.4, -0.2) is 39.1 Å². The van der Waals surface area contributed by atoms with Gasteiger partial charge in [0.05, 0.1) is 12.2 Å². The predicted octanol–water partition coefficient (Wildman–Crippen LogP) is 4.18. The molecule has 0 spiro atoms. The van der Waals surface area contributed by atoms with Crippen LogP contribution in [0.2, 0.25) is 0 Å². The molecule has 0 bridgehead atoms. The number of nitrogens with zero attached hydrogens (tertiary/aromatic N) is 4. The number of rotatable bonds is 4. The highest BCUT2D eigenvalue weighted by Crippen LogP contribution is 2.42. The van der Waals surface area contributed by atoms with Gasteiger partial charge in [0.1, 0.15) is 23.1 Å². The van der Waals surface area contributed by atoms with Crippen molar-refractivity contribution in [1.29, 1.82) is 0 Å². The number of halogens is 2. The number of aryl methyl sites for hydroxylation is 1. The Hall–Kier alpha value is -3.49. The molecule has 3 aromatic rings. The molecule has 1 aliphatic rings. The second-order valence-corrected chi connectivity index (χ2v) is 6.51. The Morgan fingerprint density at radius 2 is 2.14 bits per heavy atom. The summed E-state index contributed by atoms with van der Waals surface area (Å²) in [6.45, 7) is 3.00. The number of amides is 1. The number of hydrogen-bond acceptors (Lipinski definition) is 4. The summed E-state index contributed by atoms with van der Waals surface area (Å²) in [4.78, 5) is 16.7. The fourth-order valence-electron chi connectivity index (χ4n) is 3.37. The number of carbonyl (C=O) groups is 1. The molecule has 1 aliphatic heterocycles. The van der Waals surface area contributed by atoms with Gasteiger partial charge >= 0.3 is 6.09 Å². The van der Waals surface area contributed by atoms with Crippen molar-refractivity contribution < 1.29 is 23.4 Å². The van der Waals surface area contributed by atoms with Gasteiger partial charge in [-0.05, 0) is 36.8 Å². The SMILES string of the molecule is CCN(C(=O)O)c1cc(-c2c(-c3ccc(F)cc3F)nn3c2OCCC3)ccn1. The minimum Gasteiger partial charge on any atom is -0.477 e. The summed E-state index contributed by atoms with van der Waals surface area (Å²) in [6, 6.07) is 6.58. The lowest BCUT2D eigenvalue weighted by Gasteiger charge is -2.18. The Labute approximate surface area is 165 Å². The number of aromatic nitrogens is 3. The molecule has 1 N–H and O–H groups in total. The van der Waals surface area contributed by atoms with Crippen LogP contribution in [0.25, 0.3) is 22.4 Å². The Morgan fingerprint density at radius 1 is 1.31 bits per heavy atom. The fraction of sp³-hybridized carbons (Fsp3) is 0.250. The molecule has 4 rings (SSSR count). The summed E-state index contributed by atoms with van der Waals surface area (Å²) in [7, 11) is 0. The van der Waals surface area contributed by atoms with Crippen LogP contribution in [0.4, 0.5) is 19.4 Å². The summed E-state index contributed by atoms with van der Waals surface area (Å²) in [5, 5.41) is 13.9. The molecule has 0 atom stereocenters. The van der Waals surface area contributed by atoms with Gasteiger partial charge in [-0.25, -0.2) is 23.2 Å². The average Bonchev–Trinajstić information content (AvgIpc) is 3.07. The lowest BCUT2D eigenvalue weighted by atomic mass is 10.0. The number of benzene rings is 1. The molecule has 0 radical (unpaired) electrons. The van der Waals surface area contributed by atoms with E-state index in [0.29, 0.717) is 35.9 Å². The Balaban J connectivity index is 1.92. The van der Waals surface area contributed by atoms with Gasteiger partial charge in [0, 0.05) is 37.3 Å². The average molecular weight is 400 g/mol. The number of carboxylic acid groups (broad SMARTS) is 1. The Bertz CT molecular complexity index is 1080. The monoisotopic (exact) mass is 400 g/mol. The van der Waals surface area contributed by atoms with Crippen molar-refractivity contribution in [2.24, 2.45) is 0 Å². The van der Waals surface area contributed by atoms with E-state index in [9.17, 15) is 18.7 Å². The van der Waals surface area contributed by atoms with Crippen molar-refractivity contribution in [3.63, 3.8) is 0 Å². The van der Waals surface area contributed by atoms with Gasteiger partial charge in [-0.3, -0.25) is 4.90 Å². The molecule has 9 heteroatoms. The van der Waals surface area contributed by atoms with Crippen LogP contribution in [0, 0.1) is 11.6 Å². The highest BCUT2D eigenvalue weighted by atomic mass is 19.1. The zero-order valence-corrected chi connectivity index (χ0v) is 15.6. The summed E-state index contributed by atoms with van der Waals surface area (Å²) < 4.78 is 35.4. The maximum absolute atomic E-state index is 14.5. The van der Waals surface area contributed by atoms with E-state index >= 15 is 0 Å². The van der Waals surface area contributed by atoms with E-state index in [1.165, 1.54) is 18.3 Å². The van der Waals surface area contributed by atoms with E-state index in [1.54, 1.807) is 23.7 Å². The quantitative estimate of drug-likeness (QED) is 0.711. The van der Waals surface area contributed by atoms with Crippen LogP contribution in [0.3, 0.4) is 0 Å². The van der Waals surface area contributed by atoms with Crippen molar-refractivity contribution in [2.45, 2.75) is 19.9 Å². The van der Waals surface area contributed by atoms with Crippen molar-refractivity contribution in [1.82, 2.24) is 14.8 Å². The number of anilines is 1. The highest BCUT2D eigenvalue weighted by Gasteiger charge is 2.27. The molecule has 0 aliphatic carbocycles. The van der Waals surface area contributed by atoms with Gasteiger partial charge in [0.25, 0.3) is 0 Å². The standard InChI is InChI=1S/C20H18F2N4O3/c1-2-25(20(27)28)16-10-12(6-7-23-16)17-18(14-5-4-13(21)11-15(14)22)24-26-8-3-9-29-19(17)26/h4-7,10-11H,2-3,8-9H2,1H3,(H,27,28). The second kappa shape index (κ2) is 7.50. The summed E-state index contributed by atoms with van der Waals surface area (Å²) in [5.41, 5.74) is 1.53. The Morgan fingerprint density at radius 3 is 2.86 bits per heavy atom. The first-order valence-corrected chi connectivity index (χ1v) is 9.15.